The van der Waals surface area contributed by atoms with Crippen LogP contribution in [0.25, 0.3) is 17.1 Å². The highest BCUT2D eigenvalue weighted by Crippen LogP contribution is 2.32. The number of likely N-dealkylation sites (N-methyl/N-ethyl adjacent to an activating group) is 1. The Labute approximate surface area is 237 Å². The molecule has 9 nitrogen and oxygen atoms in total. The summed E-state index contributed by atoms with van der Waals surface area (Å²) < 4.78 is 15.5. The van der Waals surface area contributed by atoms with Gasteiger partial charge >= 0.3 is 0 Å². The number of nitrogens with one attached hydrogen (secondary N) is 2. The fraction of sp³-hybridized carbons (Fsp3) is 0.241. The average Bonchev–Trinajstić information content (AvgIpc) is 3.28. The zero-order chi connectivity index (χ0) is 28.1. The molecular weight excluding hydrogens is 527 g/mol. The smallest absolute Gasteiger partial charge is 0.247 e. The molecule has 3 heterocycles. The van der Waals surface area contributed by atoms with E-state index in [-0.39, 0.29) is 11.7 Å². The van der Waals surface area contributed by atoms with E-state index in [9.17, 15) is 9.18 Å². The minimum absolute atomic E-state index is 0.268. The van der Waals surface area contributed by atoms with Crippen LogP contribution in [-0.4, -0.2) is 70.0 Å². The second kappa shape index (κ2) is 12.3. The van der Waals surface area contributed by atoms with Crippen molar-refractivity contribution >= 4 is 40.5 Å². The van der Waals surface area contributed by atoms with E-state index in [1.807, 2.05) is 41.2 Å². The molecule has 2 N–H and O–H groups in total. The number of benzene rings is 2. The number of aromatic nitrogens is 4. The maximum Gasteiger partial charge on any atom is 0.247 e. The van der Waals surface area contributed by atoms with Gasteiger partial charge in [-0.2, -0.15) is 0 Å². The van der Waals surface area contributed by atoms with Crippen LogP contribution < -0.4 is 15.5 Å². The van der Waals surface area contributed by atoms with E-state index in [1.54, 1.807) is 18.3 Å². The number of pyridine rings is 1. The first-order valence-corrected chi connectivity index (χ1v) is 14.2. The van der Waals surface area contributed by atoms with E-state index >= 15 is 0 Å². The first kappa shape index (κ1) is 27.4. The Balaban J connectivity index is 1.46. The molecular formula is C29H31FN8OS. The van der Waals surface area contributed by atoms with Crippen LogP contribution in [0.3, 0.4) is 0 Å². The summed E-state index contributed by atoms with van der Waals surface area (Å²) in [6, 6.07) is 15.9. The molecule has 0 spiro atoms. The third kappa shape index (κ3) is 6.16. The SMILES string of the molecule is C=CC(=O)Nc1cc(Nc2cc(-n3c(SC)nnc3-c3ccc(F)cc3)ccn2)ccc1N1CCCN(C)CC1. The van der Waals surface area contributed by atoms with E-state index < -0.39 is 0 Å². The number of thioether (sulfide) groups is 1. The van der Waals surface area contributed by atoms with Gasteiger partial charge in [-0.3, -0.25) is 9.36 Å². The third-order valence-electron chi connectivity index (χ3n) is 6.69. The summed E-state index contributed by atoms with van der Waals surface area (Å²) >= 11 is 1.46. The molecule has 1 aliphatic heterocycles. The first-order valence-electron chi connectivity index (χ1n) is 12.9. The molecule has 1 saturated heterocycles. The van der Waals surface area contributed by atoms with Gasteiger partial charge in [-0.1, -0.05) is 18.3 Å². The van der Waals surface area contributed by atoms with Crippen molar-refractivity contribution < 1.29 is 9.18 Å². The number of amides is 1. The molecule has 2 aromatic heterocycles. The van der Waals surface area contributed by atoms with Gasteiger partial charge in [-0.25, -0.2) is 9.37 Å². The summed E-state index contributed by atoms with van der Waals surface area (Å²) in [6.07, 6.45) is 5.95. The average molecular weight is 559 g/mol. The summed E-state index contributed by atoms with van der Waals surface area (Å²) in [5.74, 6) is 0.626. The molecule has 1 aliphatic rings. The van der Waals surface area contributed by atoms with Crippen molar-refractivity contribution in [2.45, 2.75) is 11.6 Å². The summed E-state index contributed by atoms with van der Waals surface area (Å²) in [4.78, 5) is 21.4. The molecule has 0 atom stereocenters. The lowest BCUT2D eigenvalue weighted by Crippen LogP contribution is -2.29. The standard InChI is InChI=1S/C29H31FN8OS/c1-4-27(39)33-24-18-22(10-11-25(24)37-15-5-14-36(2)16-17-37)32-26-19-23(12-13-31-26)38-28(34-35-29(38)40-3)20-6-8-21(30)9-7-20/h4,6-13,18-19H,1,5,14-17H2,2-3H3,(H,31,32)(H,33,39). The van der Waals surface area contributed by atoms with Crippen LogP contribution in [0.15, 0.2) is 78.6 Å². The van der Waals surface area contributed by atoms with Gasteiger partial charge in [0.2, 0.25) is 5.91 Å². The van der Waals surface area contributed by atoms with Gasteiger partial charge in [0, 0.05) is 43.1 Å². The maximum absolute atomic E-state index is 13.5. The number of rotatable bonds is 8. The number of nitrogens with zero attached hydrogens (tertiary/aromatic N) is 6. The Morgan fingerprint density at radius 2 is 1.88 bits per heavy atom. The summed E-state index contributed by atoms with van der Waals surface area (Å²) in [6.45, 7) is 7.38. The lowest BCUT2D eigenvalue weighted by atomic mass is 10.2. The number of carbonyl (C=O) groups is 1. The molecule has 0 saturated carbocycles. The molecule has 1 amide bonds. The second-order valence-corrected chi connectivity index (χ2v) is 10.2. The highest BCUT2D eigenvalue weighted by Gasteiger charge is 2.18. The largest absolute Gasteiger partial charge is 0.369 e. The Morgan fingerprint density at radius 1 is 1.05 bits per heavy atom. The Morgan fingerprint density at radius 3 is 2.65 bits per heavy atom. The highest BCUT2D eigenvalue weighted by atomic mass is 32.2. The predicted molar refractivity (Wildman–Crippen MR) is 159 cm³/mol. The first-order chi connectivity index (χ1) is 19.4. The van der Waals surface area contributed by atoms with Gasteiger partial charge in [0.1, 0.15) is 11.6 Å². The summed E-state index contributed by atoms with van der Waals surface area (Å²) in [5.41, 5.74) is 4.00. The minimum atomic E-state index is -0.312. The van der Waals surface area contributed by atoms with Crippen LogP contribution in [0.1, 0.15) is 6.42 Å². The number of halogens is 1. The number of carbonyl (C=O) groups excluding carboxylic acids is 1. The lowest BCUT2D eigenvalue weighted by Gasteiger charge is -2.26. The fourth-order valence-corrected chi connectivity index (χ4v) is 5.15. The highest BCUT2D eigenvalue weighted by molar-refractivity contribution is 7.98. The Kier molecular flexibility index (Phi) is 8.42. The van der Waals surface area contributed by atoms with Crippen LogP contribution >= 0.6 is 11.8 Å². The molecule has 206 valence electrons. The van der Waals surface area contributed by atoms with Crippen molar-refractivity contribution in [3.63, 3.8) is 0 Å². The molecule has 0 unspecified atom stereocenters. The predicted octanol–water partition coefficient (Wildman–Crippen LogP) is 5.20. The zero-order valence-electron chi connectivity index (χ0n) is 22.5. The van der Waals surface area contributed by atoms with Gasteiger partial charge < -0.3 is 20.4 Å². The molecule has 11 heteroatoms. The van der Waals surface area contributed by atoms with E-state index in [0.29, 0.717) is 22.5 Å². The van der Waals surface area contributed by atoms with Crippen LogP contribution in [0.5, 0.6) is 0 Å². The maximum atomic E-state index is 13.5. The van der Waals surface area contributed by atoms with Crippen molar-refractivity contribution in [2.24, 2.45) is 0 Å². The van der Waals surface area contributed by atoms with Crippen molar-refractivity contribution in [1.29, 1.82) is 0 Å². The Bertz CT molecular complexity index is 1510. The number of anilines is 4. The summed E-state index contributed by atoms with van der Waals surface area (Å²) in [7, 11) is 2.13. The van der Waals surface area contributed by atoms with E-state index in [0.717, 1.165) is 55.2 Å². The molecule has 0 bridgehead atoms. The third-order valence-corrected chi connectivity index (χ3v) is 7.32. The fourth-order valence-electron chi connectivity index (χ4n) is 4.66. The molecule has 5 rings (SSSR count). The van der Waals surface area contributed by atoms with Gasteiger partial charge in [0.15, 0.2) is 11.0 Å². The number of hydrogen-bond donors (Lipinski definition) is 2. The minimum Gasteiger partial charge on any atom is -0.369 e. The monoisotopic (exact) mass is 558 g/mol. The van der Waals surface area contributed by atoms with Gasteiger partial charge in [-0.05, 0) is 80.9 Å². The quantitative estimate of drug-likeness (QED) is 0.225. The molecule has 2 aromatic carbocycles. The molecule has 0 radical (unpaired) electrons. The van der Waals surface area contributed by atoms with Crippen LogP contribution in [-0.2, 0) is 4.79 Å². The van der Waals surface area contributed by atoms with Crippen LogP contribution in [0.4, 0.5) is 27.3 Å². The topological polar surface area (TPSA) is 91.2 Å². The number of hydrogen-bond acceptors (Lipinski definition) is 8. The normalized spacial score (nSPS) is 14.0. The van der Waals surface area contributed by atoms with Gasteiger partial charge in [-0.15, -0.1) is 10.2 Å². The van der Waals surface area contributed by atoms with Crippen LogP contribution in [0, 0.1) is 5.82 Å². The van der Waals surface area contributed by atoms with Gasteiger partial charge in [0.25, 0.3) is 0 Å². The molecule has 40 heavy (non-hydrogen) atoms. The van der Waals surface area contributed by atoms with E-state index in [4.69, 9.17) is 0 Å². The van der Waals surface area contributed by atoms with Crippen molar-refractivity contribution in [3.05, 3.63) is 79.3 Å². The van der Waals surface area contributed by atoms with E-state index in [2.05, 4.69) is 49.2 Å². The molecule has 1 fully saturated rings. The molecule has 0 aliphatic carbocycles. The van der Waals surface area contributed by atoms with Crippen molar-refractivity contribution in [3.8, 4) is 17.1 Å². The van der Waals surface area contributed by atoms with Gasteiger partial charge in [0.05, 0.1) is 17.1 Å². The summed E-state index contributed by atoms with van der Waals surface area (Å²) in [5, 5.41) is 15.7. The lowest BCUT2D eigenvalue weighted by molar-refractivity contribution is -0.111. The van der Waals surface area contributed by atoms with Crippen molar-refractivity contribution in [2.75, 3.05) is 55.0 Å². The Hall–Kier alpha value is -4.22. The van der Waals surface area contributed by atoms with Crippen LogP contribution in [0.2, 0.25) is 0 Å². The van der Waals surface area contributed by atoms with Crippen molar-refractivity contribution in [1.82, 2.24) is 24.6 Å². The zero-order valence-corrected chi connectivity index (χ0v) is 23.3. The second-order valence-electron chi connectivity index (χ2n) is 9.45. The molecule has 4 aromatic rings. The van der Waals surface area contributed by atoms with E-state index in [1.165, 1.54) is 30.0 Å².